The molecular weight excluding hydrogens is 441 g/mol. The SMILES string of the molecule is CCNC(=NCCOCCS(C)(=O)=O)N1CCc2ccccc21.I. The lowest BCUT2D eigenvalue weighted by Gasteiger charge is -2.22. The number of ether oxygens (including phenoxy) is 1. The van der Waals surface area contributed by atoms with Gasteiger partial charge in [-0.3, -0.25) is 4.99 Å². The Labute approximate surface area is 161 Å². The van der Waals surface area contributed by atoms with E-state index in [1.165, 1.54) is 17.5 Å². The third-order valence-corrected chi connectivity index (χ3v) is 4.48. The monoisotopic (exact) mass is 467 g/mol. The lowest BCUT2D eigenvalue weighted by Crippen LogP contribution is -2.40. The topological polar surface area (TPSA) is 71.0 Å². The predicted molar refractivity (Wildman–Crippen MR) is 109 cm³/mol. The molecule has 0 bridgehead atoms. The van der Waals surface area contributed by atoms with Crippen LogP contribution in [0, 0.1) is 0 Å². The van der Waals surface area contributed by atoms with Crippen molar-refractivity contribution in [3.8, 4) is 0 Å². The fourth-order valence-corrected chi connectivity index (χ4v) is 2.90. The molecule has 2 rings (SSSR count). The van der Waals surface area contributed by atoms with E-state index in [2.05, 4.69) is 33.4 Å². The number of hydrogen-bond acceptors (Lipinski definition) is 4. The Morgan fingerprint density at radius 3 is 2.79 bits per heavy atom. The van der Waals surface area contributed by atoms with Gasteiger partial charge in [0, 0.05) is 25.0 Å². The maximum atomic E-state index is 11.0. The summed E-state index contributed by atoms with van der Waals surface area (Å²) in [5.41, 5.74) is 2.53. The molecule has 0 saturated heterocycles. The molecule has 0 radical (unpaired) electrons. The summed E-state index contributed by atoms with van der Waals surface area (Å²) in [6, 6.07) is 8.35. The molecule has 0 aromatic heterocycles. The molecular formula is C16H26IN3O3S. The second kappa shape index (κ2) is 10.2. The van der Waals surface area contributed by atoms with Crippen molar-refractivity contribution in [2.24, 2.45) is 4.99 Å². The van der Waals surface area contributed by atoms with Crippen LogP contribution in [0.4, 0.5) is 5.69 Å². The van der Waals surface area contributed by atoms with E-state index in [0.717, 1.165) is 25.5 Å². The number of halogens is 1. The summed E-state index contributed by atoms with van der Waals surface area (Å²) >= 11 is 0. The standard InChI is InChI=1S/C16H25N3O3S.HI/c1-3-17-16(18-9-11-22-12-13-23(2,20)21)19-10-8-14-6-4-5-7-15(14)19;/h4-7H,3,8-13H2,1-2H3,(H,17,18);1H. The van der Waals surface area contributed by atoms with Gasteiger partial charge in [-0.05, 0) is 25.0 Å². The fraction of sp³-hybridized carbons (Fsp3) is 0.562. The van der Waals surface area contributed by atoms with Crippen molar-refractivity contribution in [1.82, 2.24) is 5.32 Å². The van der Waals surface area contributed by atoms with Crippen molar-refractivity contribution in [2.75, 3.05) is 49.8 Å². The second-order valence-electron chi connectivity index (χ2n) is 5.51. The molecule has 0 atom stereocenters. The van der Waals surface area contributed by atoms with E-state index >= 15 is 0 Å². The first kappa shape index (κ1) is 21.2. The lowest BCUT2D eigenvalue weighted by atomic mass is 10.2. The zero-order chi connectivity index (χ0) is 16.7. The highest BCUT2D eigenvalue weighted by atomic mass is 127. The Kier molecular flexibility index (Phi) is 8.99. The van der Waals surface area contributed by atoms with Crippen LogP contribution in [0.5, 0.6) is 0 Å². The summed E-state index contributed by atoms with van der Waals surface area (Å²) in [5, 5.41) is 3.31. The number of fused-ring (bicyclic) bond motifs is 1. The molecule has 0 fully saturated rings. The van der Waals surface area contributed by atoms with Gasteiger partial charge >= 0.3 is 0 Å². The Hall–Kier alpha value is -0.870. The van der Waals surface area contributed by atoms with Crippen LogP contribution in [-0.2, 0) is 21.0 Å². The molecule has 0 spiro atoms. The van der Waals surface area contributed by atoms with Crippen LogP contribution in [-0.4, -0.2) is 59.2 Å². The first-order chi connectivity index (χ1) is 11.0. The van der Waals surface area contributed by atoms with Crippen molar-refractivity contribution < 1.29 is 13.2 Å². The van der Waals surface area contributed by atoms with Crippen molar-refractivity contribution in [2.45, 2.75) is 13.3 Å². The largest absolute Gasteiger partial charge is 0.378 e. The molecule has 1 aliphatic heterocycles. The van der Waals surface area contributed by atoms with E-state index in [0.29, 0.717) is 13.2 Å². The van der Waals surface area contributed by atoms with Crippen molar-refractivity contribution in [1.29, 1.82) is 0 Å². The molecule has 1 aliphatic rings. The number of sulfone groups is 1. The maximum absolute atomic E-state index is 11.0. The number of rotatable bonds is 7. The van der Waals surface area contributed by atoms with E-state index in [-0.39, 0.29) is 36.3 Å². The minimum Gasteiger partial charge on any atom is -0.378 e. The van der Waals surface area contributed by atoms with E-state index in [9.17, 15) is 8.42 Å². The molecule has 1 heterocycles. The molecule has 1 aromatic carbocycles. The second-order valence-corrected chi connectivity index (χ2v) is 7.77. The van der Waals surface area contributed by atoms with Crippen LogP contribution in [0.25, 0.3) is 0 Å². The number of anilines is 1. The summed E-state index contributed by atoms with van der Waals surface area (Å²) in [7, 11) is -2.96. The van der Waals surface area contributed by atoms with E-state index in [1.807, 2.05) is 13.0 Å². The van der Waals surface area contributed by atoms with Gasteiger partial charge in [-0.15, -0.1) is 24.0 Å². The van der Waals surface area contributed by atoms with Gasteiger partial charge in [0.05, 0.1) is 25.5 Å². The third-order valence-electron chi connectivity index (χ3n) is 3.57. The quantitative estimate of drug-likeness (QED) is 0.286. The summed E-state index contributed by atoms with van der Waals surface area (Å²) in [4.78, 5) is 6.78. The molecule has 0 amide bonds. The van der Waals surface area contributed by atoms with Gasteiger partial charge in [-0.25, -0.2) is 8.42 Å². The first-order valence-electron chi connectivity index (χ1n) is 7.90. The highest BCUT2D eigenvalue weighted by molar-refractivity contribution is 14.0. The van der Waals surface area contributed by atoms with Crippen LogP contribution in [0.1, 0.15) is 12.5 Å². The fourth-order valence-electron chi connectivity index (χ4n) is 2.48. The molecule has 8 heteroatoms. The molecule has 1 N–H and O–H groups in total. The molecule has 6 nitrogen and oxygen atoms in total. The van der Waals surface area contributed by atoms with Crippen LogP contribution in [0.3, 0.4) is 0 Å². The number of aliphatic imine (C=N–C) groups is 1. The van der Waals surface area contributed by atoms with Crippen LogP contribution < -0.4 is 10.2 Å². The number of hydrogen-bond donors (Lipinski definition) is 1. The van der Waals surface area contributed by atoms with Gasteiger partial charge in [0.15, 0.2) is 5.96 Å². The third kappa shape index (κ3) is 6.56. The Morgan fingerprint density at radius 1 is 1.33 bits per heavy atom. The van der Waals surface area contributed by atoms with Gasteiger partial charge in [0.25, 0.3) is 0 Å². The van der Waals surface area contributed by atoms with Crippen LogP contribution in [0.15, 0.2) is 29.3 Å². The summed E-state index contributed by atoms with van der Waals surface area (Å²) in [6.07, 6.45) is 2.23. The normalized spacial score (nSPS) is 14.2. The van der Waals surface area contributed by atoms with Crippen molar-refractivity contribution >= 4 is 45.5 Å². The zero-order valence-corrected chi connectivity index (χ0v) is 17.3. The number of benzene rings is 1. The summed E-state index contributed by atoms with van der Waals surface area (Å²) in [5.74, 6) is 0.903. The molecule has 0 aliphatic carbocycles. The van der Waals surface area contributed by atoms with E-state index in [1.54, 1.807) is 0 Å². The van der Waals surface area contributed by atoms with Gasteiger partial charge in [-0.1, -0.05) is 18.2 Å². The smallest absolute Gasteiger partial charge is 0.198 e. The Morgan fingerprint density at radius 2 is 2.08 bits per heavy atom. The van der Waals surface area contributed by atoms with Gasteiger partial charge in [0.1, 0.15) is 9.84 Å². The minimum atomic E-state index is -2.96. The Balaban J connectivity index is 0.00000288. The van der Waals surface area contributed by atoms with Gasteiger partial charge in [0.2, 0.25) is 0 Å². The number of guanidine groups is 1. The summed E-state index contributed by atoms with van der Waals surface area (Å²) < 4.78 is 27.4. The molecule has 136 valence electrons. The molecule has 0 unspecified atom stereocenters. The van der Waals surface area contributed by atoms with Crippen molar-refractivity contribution in [3.05, 3.63) is 29.8 Å². The average molecular weight is 467 g/mol. The van der Waals surface area contributed by atoms with E-state index < -0.39 is 9.84 Å². The maximum Gasteiger partial charge on any atom is 0.198 e. The highest BCUT2D eigenvalue weighted by Gasteiger charge is 2.22. The van der Waals surface area contributed by atoms with Crippen LogP contribution in [0.2, 0.25) is 0 Å². The first-order valence-corrected chi connectivity index (χ1v) is 9.96. The number of nitrogens with zero attached hydrogens (tertiary/aromatic N) is 2. The molecule has 0 saturated carbocycles. The zero-order valence-electron chi connectivity index (χ0n) is 14.2. The van der Waals surface area contributed by atoms with E-state index in [4.69, 9.17) is 4.74 Å². The lowest BCUT2D eigenvalue weighted by molar-refractivity contribution is 0.157. The predicted octanol–water partition coefficient (Wildman–Crippen LogP) is 1.69. The number of nitrogens with one attached hydrogen (secondary N) is 1. The average Bonchev–Trinajstić information content (AvgIpc) is 2.92. The van der Waals surface area contributed by atoms with Gasteiger partial charge in [-0.2, -0.15) is 0 Å². The summed E-state index contributed by atoms with van der Waals surface area (Å²) in [6.45, 7) is 4.90. The molecule has 24 heavy (non-hydrogen) atoms. The highest BCUT2D eigenvalue weighted by Crippen LogP contribution is 2.27. The minimum absolute atomic E-state index is 0. The van der Waals surface area contributed by atoms with Crippen molar-refractivity contribution in [3.63, 3.8) is 0 Å². The van der Waals surface area contributed by atoms with Crippen LogP contribution >= 0.6 is 24.0 Å². The Bertz CT molecular complexity index is 650. The molecule has 1 aromatic rings. The number of para-hydroxylation sites is 1. The van der Waals surface area contributed by atoms with Gasteiger partial charge < -0.3 is 15.0 Å².